The number of methoxy groups -OCH3 is 1. The smallest absolute Gasteiger partial charge is 0.309 e. The maximum atomic E-state index is 12.2. The molecule has 1 aromatic carbocycles. The largest absolute Gasteiger partial charge is 0.508 e. The molecule has 0 aliphatic carbocycles. The molecule has 0 bridgehead atoms. The quantitative estimate of drug-likeness (QED) is 0.151. The number of esters is 2. The van der Waals surface area contributed by atoms with Crippen LogP contribution in [0, 0.1) is 13.8 Å². The first-order valence-corrected chi connectivity index (χ1v) is 12.5. The molecule has 7 nitrogen and oxygen atoms in total. The third-order valence-electron chi connectivity index (χ3n) is 6.17. The van der Waals surface area contributed by atoms with E-state index in [9.17, 15) is 19.8 Å². The average Bonchev–Trinajstić information content (AvgIpc) is 2.75. The van der Waals surface area contributed by atoms with Gasteiger partial charge in [-0.15, -0.1) is 0 Å². The van der Waals surface area contributed by atoms with Crippen LogP contribution in [0.25, 0.3) is 0 Å². The van der Waals surface area contributed by atoms with Gasteiger partial charge >= 0.3 is 11.9 Å². The van der Waals surface area contributed by atoms with Crippen molar-refractivity contribution in [3.63, 3.8) is 0 Å². The number of likely N-dealkylation sites (N-methyl/N-ethyl adjacent to an activating group) is 1. The fourth-order valence-electron chi connectivity index (χ4n) is 4.06. The van der Waals surface area contributed by atoms with Crippen molar-refractivity contribution in [1.29, 1.82) is 0 Å². The van der Waals surface area contributed by atoms with Crippen LogP contribution < -0.4 is 0 Å². The van der Waals surface area contributed by atoms with E-state index >= 15 is 0 Å². The van der Waals surface area contributed by atoms with E-state index < -0.39 is 6.10 Å². The number of benzene rings is 1. The minimum Gasteiger partial charge on any atom is -0.508 e. The zero-order chi connectivity index (χ0) is 25.7. The highest BCUT2D eigenvalue weighted by atomic mass is 16.6. The highest BCUT2D eigenvalue weighted by Crippen LogP contribution is 2.32. The van der Waals surface area contributed by atoms with Gasteiger partial charge < -0.3 is 24.2 Å². The van der Waals surface area contributed by atoms with Gasteiger partial charge in [-0.3, -0.25) is 9.59 Å². The highest BCUT2D eigenvalue weighted by molar-refractivity contribution is 5.72. The molecule has 194 valence electrons. The molecule has 0 spiro atoms. The van der Waals surface area contributed by atoms with Crippen molar-refractivity contribution >= 4 is 11.9 Å². The molecule has 7 heteroatoms. The van der Waals surface area contributed by atoms with Crippen LogP contribution in [0.2, 0.25) is 0 Å². The summed E-state index contributed by atoms with van der Waals surface area (Å²) in [4.78, 5) is 23.8. The molecule has 0 aliphatic heterocycles. The van der Waals surface area contributed by atoms with Crippen molar-refractivity contribution in [2.75, 3.05) is 34.8 Å². The number of hydrogen-bond acceptors (Lipinski definition) is 6. The SMILES string of the molecule is COC(=O)CC(C[N+](C)(C)C)OC(=O)CCCCCCCCCCc1cc(O)c(C)c(C)c1O. The molecule has 0 fully saturated rings. The van der Waals surface area contributed by atoms with E-state index in [4.69, 9.17) is 9.47 Å². The van der Waals surface area contributed by atoms with Gasteiger partial charge in [-0.05, 0) is 55.9 Å². The molecule has 0 aromatic heterocycles. The summed E-state index contributed by atoms with van der Waals surface area (Å²) in [5.41, 5.74) is 2.31. The Kier molecular flexibility index (Phi) is 13.0. The number of hydrogen-bond donors (Lipinski definition) is 2. The van der Waals surface area contributed by atoms with Crippen LogP contribution in [0.4, 0.5) is 0 Å². The molecule has 0 radical (unpaired) electrons. The Hall–Kier alpha value is -2.28. The summed E-state index contributed by atoms with van der Waals surface area (Å²) in [7, 11) is 7.33. The molecular weight excluding hydrogens is 434 g/mol. The van der Waals surface area contributed by atoms with Crippen molar-refractivity contribution < 1.29 is 33.8 Å². The van der Waals surface area contributed by atoms with Crippen molar-refractivity contribution in [3.05, 3.63) is 22.8 Å². The molecule has 0 saturated carbocycles. The number of carbonyl (C=O) groups excluding carboxylic acids is 2. The number of aryl methyl sites for hydroxylation is 1. The summed E-state index contributed by atoms with van der Waals surface area (Å²) in [6.45, 7) is 4.20. The lowest BCUT2D eigenvalue weighted by atomic mass is 9.98. The van der Waals surface area contributed by atoms with Crippen LogP contribution in [0.15, 0.2) is 6.07 Å². The van der Waals surface area contributed by atoms with E-state index in [0.29, 0.717) is 23.2 Å². The third kappa shape index (κ3) is 11.7. The Morgan fingerprint density at radius 2 is 1.44 bits per heavy atom. The Labute approximate surface area is 205 Å². The standard InChI is InChI=1S/C27H45NO6/c1-20-21(2)27(32)22(17-24(20)29)15-13-11-9-7-8-10-12-14-16-25(30)34-23(18-26(31)33-6)19-28(3,4)5/h17,23H,7-16,18-19H2,1-6H3,(H-,29,32)/p+1. The fraction of sp³-hybridized carbons (Fsp3) is 0.704. The molecule has 0 aliphatic rings. The molecule has 1 atom stereocenters. The Morgan fingerprint density at radius 3 is 2.00 bits per heavy atom. The number of rotatable bonds is 16. The van der Waals surface area contributed by atoms with E-state index in [2.05, 4.69) is 0 Å². The zero-order valence-electron chi connectivity index (χ0n) is 22.1. The first kappa shape index (κ1) is 29.8. The van der Waals surface area contributed by atoms with Crippen LogP contribution in [0.3, 0.4) is 0 Å². The summed E-state index contributed by atoms with van der Waals surface area (Å²) in [5.74, 6) is -0.0531. The number of quaternary nitrogens is 1. The Bertz CT molecular complexity index is 784. The average molecular weight is 481 g/mol. The maximum absolute atomic E-state index is 12.2. The topological polar surface area (TPSA) is 93.1 Å². The number of phenolic OH excluding ortho intramolecular Hbond substituents is 2. The molecular formula is C27H46NO6+. The van der Waals surface area contributed by atoms with Gasteiger partial charge in [-0.2, -0.15) is 0 Å². The summed E-state index contributed by atoms with van der Waals surface area (Å²) in [6, 6.07) is 1.68. The molecule has 1 rings (SSSR count). The minimum atomic E-state index is -0.463. The van der Waals surface area contributed by atoms with E-state index in [1.165, 1.54) is 7.11 Å². The zero-order valence-corrected chi connectivity index (χ0v) is 22.1. The lowest BCUT2D eigenvalue weighted by Gasteiger charge is -2.28. The second-order valence-electron chi connectivity index (χ2n) is 10.3. The molecule has 0 saturated heterocycles. The van der Waals surface area contributed by atoms with Crippen molar-refractivity contribution in [1.82, 2.24) is 0 Å². The normalized spacial score (nSPS) is 12.4. The van der Waals surface area contributed by atoms with Crippen LogP contribution in [0.5, 0.6) is 11.5 Å². The molecule has 34 heavy (non-hydrogen) atoms. The van der Waals surface area contributed by atoms with Crippen LogP contribution in [0.1, 0.15) is 80.9 Å². The van der Waals surface area contributed by atoms with Crippen molar-refractivity contribution in [2.45, 2.75) is 90.6 Å². The summed E-state index contributed by atoms with van der Waals surface area (Å²) in [6.07, 6.45) is 9.14. The lowest BCUT2D eigenvalue weighted by Crippen LogP contribution is -2.43. The lowest BCUT2D eigenvalue weighted by molar-refractivity contribution is -0.873. The van der Waals surface area contributed by atoms with Gasteiger partial charge in [-0.25, -0.2) is 0 Å². The number of unbranched alkanes of at least 4 members (excludes halogenated alkanes) is 7. The van der Waals surface area contributed by atoms with Gasteiger partial charge in [0.15, 0.2) is 6.10 Å². The number of aromatic hydroxyl groups is 2. The third-order valence-corrected chi connectivity index (χ3v) is 6.17. The number of nitrogens with zero attached hydrogens (tertiary/aromatic N) is 1. The summed E-state index contributed by atoms with van der Waals surface area (Å²) < 4.78 is 10.9. The Morgan fingerprint density at radius 1 is 0.882 bits per heavy atom. The number of ether oxygens (including phenoxy) is 2. The van der Waals surface area contributed by atoms with Crippen LogP contribution >= 0.6 is 0 Å². The van der Waals surface area contributed by atoms with Crippen LogP contribution in [-0.2, 0) is 25.5 Å². The molecule has 1 aromatic rings. The first-order chi connectivity index (χ1) is 15.9. The first-order valence-electron chi connectivity index (χ1n) is 12.5. The van der Waals surface area contributed by atoms with E-state index in [1.54, 1.807) is 6.07 Å². The molecule has 0 heterocycles. The summed E-state index contributed by atoms with van der Waals surface area (Å²) in [5, 5.41) is 20.2. The van der Waals surface area contributed by atoms with Crippen molar-refractivity contribution in [3.8, 4) is 11.5 Å². The van der Waals surface area contributed by atoms with Gasteiger partial charge in [0.25, 0.3) is 0 Å². The number of carbonyl (C=O) groups is 2. The van der Waals surface area contributed by atoms with Gasteiger partial charge in [0.1, 0.15) is 18.0 Å². The van der Waals surface area contributed by atoms with Gasteiger partial charge in [0, 0.05) is 6.42 Å². The van der Waals surface area contributed by atoms with Gasteiger partial charge in [0.2, 0.25) is 0 Å². The maximum Gasteiger partial charge on any atom is 0.309 e. The second-order valence-corrected chi connectivity index (χ2v) is 10.3. The molecule has 0 amide bonds. The molecule has 1 unspecified atom stereocenters. The van der Waals surface area contributed by atoms with E-state index in [-0.39, 0.29) is 24.1 Å². The van der Waals surface area contributed by atoms with Crippen LogP contribution in [-0.4, -0.2) is 67.5 Å². The fourth-order valence-corrected chi connectivity index (χ4v) is 4.06. The predicted octanol–water partition coefficient (Wildman–Crippen LogP) is 4.95. The van der Waals surface area contributed by atoms with E-state index in [1.807, 2.05) is 35.0 Å². The van der Waals surface area contributed by atoms with E-state index in [0.717, 1.165) is 74.5 Å². The van der Waals surface area contributed by atoms with Gasteiger partial charge in [0.05, 0.1) is 34.7 Å². The predicted molar refractivity (Wildman–Crippen MR) is 134 cm³/mol. The molecule has 2 N–H and O–H groups in total. The Balaban J connectivity index is 2.16. The van der Waals surface area contributed by atoms with Crippen molar-refractivity contribution in [2.24, 2.45) is 0 Å². The minimum absolute atomic E-state index is 0.0854. The second kappa shape index (κ2) is 14.9. The highest BCUT2D eigenvalue weighted by Gasteiger charge is 2.25. The van der Waals surface area contributed by atoms with Gasteiger partial charge in [-0.1, -0.05) is 38.5 Å². The number of phenols is 2. The summed E-state index contributed by atoms with van der Waals surface area (Å²) >= 11 is 0. The monoisotopic (exact) mass is 480 g/mol.